The van der Waals surface area contributed by atoms with E-state index in [1.165, 1.54) is 12.0 Å². The second-order valence-electron chi connectivity index (χ2n) is 5.39. The summed E-state index contributed by atoms with van der Waals surface area (Å²) in [4.78, 5) is 0. The van der Waals surface area contributed by atoms with Crippen LogP contribution in [-0.4, -0.2) is 23.9 Å². The summed E-state index contributed by atoms with van der Waals surface area (Å²) in [6.45, 7) is 3.08. The van der Waals surface area contributed by atoms with E-state index < -0.39 is 0 Å². The Balaban J connectivity index is 1.90. The average molecular weight is 237 g/mol. The minimum atomic E-state index is 0.189. The van der Waals surface area contributed by atoms with E-state index in [0.29, 0.717) is 16.5 Å². The molecule has 0 bridgehead atoms. The van der Waals surface area contributed by atoms with Crippen LogP contribution in [0.1, 0.15) is 30.5 Å². The van der Waals surface area contributed by atoms with Crippen LogP contribution in [0.15, 0.2) is 6.07 Å². The number of fused-ring (bicyclic) bond motifs is 3. The summed E-state index contributed by atoms with van der Waals surface area (Å²) in [6.07, 6.45) is 1.32. The van der Waals surface area contributed by atoms with Gasteiger partial charge >= 0.3 is 0 Å². The van der Waals surface area contributed by atoms with Gasteiger partial charge in [0.2, 0.25) is 0 Å². The third-order valence-corrected chi connectivity index (χ3v) is 5.36. The Morgan fingerprint density at radius 2 is 2.38 bits per heavy atom. The number of aromatic nitrogens is 2. The molecule has 2 fully saturated rings. The van der Waals surface area contributed by atoms with E-state index in [1.54, 1.807) is 7.11 Å². The number of rotatable bonds is 2. The highest BCUT2D eigenvalue weighted by Gasteiger charge is 2.94. The van der Waals surface area contributed by atoms with E-state index in [4.69, 9.17) is 16.3 Å². The average Bonchev–Trinajstić information content (AvgIpc) is 3.10. The van der Waals surface area contributed by atoms with E-state index in [-0.39, 0.29) is 5.41 Å². The van der Waals surface area contributed by atoms with Crippen molar-refractivity contribution in [2.75, 3.05) is 13.7 Å². The zero-order valence-electron chi connectivity index (χ0n) is 9.33. The fraction of sp³-hybridized carbons (Fsp3) is 0.667. The highest BCUT2D eigenvalue weighted by molar-refractivity contribution is 6.29. The fourth-order valence-electron chi connectivity index (χ4n) is 4.34. The minimum Gasteiger partial charge on any atom is -0.384 e. The normalized spacial score (nSPS) is 45.9. The van der Waals surface area contributed by atoms with Gasteiger partial charge in [0, 0.05) is 12.5 Å². The van der Waals surface area contributed by atoms with Crippen LogP contribution in [0.2, 0.25) is 5.15 Å². The maximum Gasteiger partial charge on any atom is 0.152 e. The first-order chi connectivity index (χ1) is 7.68. The topological polar surface area (TPSA) is 35.0 Å². The predicted octanol–water partition coefficient (Wildman–Crippen LogP) is 2.15. The molecule has 84 valence electrons. The standard InChI is InChI=1S/C12H13ClN2O/c1-6-7-3-9(13)14-15-10(7)12(5-16-2)8-4-11(6,8)12/h3,6,8H,4-5H2,1-2H3. The minimum absolute atomic E-state index is 0.189. The van der Waals surface area contributed by atoms with Gasteiger partial charge in [-0.3, -0.25) is 0 Å². The van der Waals surface area contributed by atoms with Crippen molar-refractivity contribution >= 4 is 11.6 Å². The summed E-state index contributed by atoms with van der Waals surface area (Å²) in [5.74, 6) is 1.36. The molecule has 16 heavy (non-hydrogen) atoms. The van der Waals surface area contributed by atoms with Gasteiger partial charge in [-0.05, 0) is 35.3 Å². The molecule has 4 atom stereocenters. The smallest absolute Gasteiger partial charge is 0.152 e. The van der Waals surface area contributed by atoms with E-state index in [1.807, 2.05) is 6.07 Å². The van der Waals surface area contributed by atoms with Crippen LogP contribution in [-0.2, 0) is 10.2 Å². The van der Waals surface area contributed by atoms with Crippen molar-refractivity contribution < 1.29 is 4.74 Å². The molecule has 3 aliphatic rings. The molecule has 2 saturated carbocycles. The van der Waals surface area contributed by atoms with E-state index >= 15 is 0 Å². The molecule has 0 saturated heterocycles. The number of hydrogen-bond donors (Lipinski definition) is 0. The first-order valence-electron chi connectivity index (χ1n) is 5.71. The van der Waals surface area contributed by atoms with Gasteiger partial charge in [-0.2, -0.15) is 5.10 Å². The molecule has 0 N–H and O–H groups in total. The second-order valence-corrected chi connectivity index (χ2v) is 5.78. The van der Waals surface area contributed by atoms with Crippen molar-refractivity contribution in [3.05, 3.63) is 22.5 Å². The van der Waals surface area contributed by atoms with Crippen molar-refractivity contribution in [2.45, 2.75) is 24.7 Å². The van der Waals surface area contributed by atoms with Crippen LogP contribution < -0.4 is 0 Å². The summed E-state index contributed by atoms with van der Waals surface area (Å²) in [6, 6.07) is 1.99. The summed E-state index contributed by atoms with van der Waals surface area (Å²) >= 11 is 5.93. The molecule has 1 spiro atoms. The Morgan fingerprint density at radius 3 is 3.06 bits per heavy atom. The molecule has 0 amide bonds. The summed E-state index contributed by atoms with van der Waals surface area (Å²) in [7, 11) is 1.77. The lowest BCUT2D eigenvalue weighted by Crippen LogP contribution is -2.26. The first kappa shape index (κ1) is 9.37. The van der Waals surface area contributed by atoms with Crippen molar-refractivity contribution in [1.29, 1.82) is 0 Å². The lowest BCUT2D eigenvalue weighted by Gasteiger charge is -2.20. The number of methoxy groups -OCH3 is 1. The van der Waals surface area contributed by atoms with Crippen molar-refractivity contribution in [3.8, 4) is 0 Å². The second kappa shape index (κ2) is 2.44. The molecule has 0 radical (unpaired) electrons. The molecule has 1 heterocycles. The quantitative estimate of drug-likeness (QED) is 0.789. The van der Waals surface area contributed by atoms with Gasteiger partial charge in [-0.15, -0.1) is 5.10 Å². The molecule has 4 rings (SSSR count). The number of halogens is 1. The van der Waals surface area contributed by atoms with E-state index in [9.17, 15) is 0 Å². The maximum atomic E-state index is 5.93. The van der Waals surface area contributed by atoms with Gasteiger partial charge in [0.05, 0.1) is 12.3 Å². The molecule has 3 aliphatic carbocycles. The van der Waals surface area contributed by atoms with Crippen molar-refractivity contribution in [2.24, 2.45) is 11.3 Å². The van der Waals surface area contributed by atoms with Gasteiger partial charge in [-0.1, -0.05) is 18.5 Å². The molecule has 4 unspecified atom stereocenters. The van der Waals surface area contributed by atoms with Crippen LogP contribution >= 0.6 is 11.6 Å². The van der Waals surface area contributed by atoms with Crippen LogP contribution in [0, 0.1) is 11.3 Å². The fourth-order valence-corrected chi connectivity index (χ4v) is 4.49. The molecule has 3 nitrogen and oxygen atoms in total. The first-order valence-corrected chi connectivity index (χ1v) is 6.09. The predicted molar refractivity (Wildman–Crippen MR) is 59.6 cm³/mol. The highest BCUT2D eigenvalue weighted by Crippen LogP contribution is 2.95. The Labute approximate surface area is 99.2 Å². The van der Waals surface area contributed by atoms with Gasteiger partial charge in [0.1, 0.15) is 0 Å². The van der Waals surface area contributed by atoms with Crippen LogP contribution in [0.25, 0.3) is 0 Å². The van der Waals surface area contributed by atoms with Gasteiger partial charge in [0.15, 0.2) is 5.15 Å². The highest BCUT2D eigenvalue weighted by atomic mass is 35.5. The number of nitrogens with zero attached hydrogens (tertiary/aromatic N) is 2. The zero-order valence-corrected chi connectivity index (χ0v) is 10.1. The Kier molecular flexibility index (Phi) is 1.43. The molecular weight excluding hydrogens is 224 g/mol. The van der Waals surface area contributed by atoms with Crippen LogP contribution in [0.3, 0.4) is 0 Å². The molecule has 0 aliphatic heterocycles. The van der Waals surface area contributed by atoms with Gasteiger partial charge in [-0.25, -0.2) is 0 Å². The summed E-state index contributed by atoms with van der Waals surface area (Å²) < 4.78 is 5.40. The Bertz CT molecular complexity index is 506. The number of ether oxygens (including phenoxy) is 1. The molecule has 0 aromatic carbocycles. The van der Waals surface area contributed by atoms with Crippen molar-refractivity contribution in [1.82, 2.24) is 10.2 Å². The zero-order chi connectivity index (χ0) is 11.1. The Morgan fingerprint density at radius 1 is 1.56 bits per heavy atom. The lowest BCUT2D eigenvalue weighted by molar-refractivity contribution is 0.137. The van der Waals surface area contributed by atoms with Crippen molar-refractivity contribution in [3.63, 3.8) is 0 Å². The van der Waals surface area contributed by atoms with E-state index in [0.717, 1.165) is 18.2 Å². The largest absolute Gasteiger partial charge is 0.384 e. The maximum absolute atomic E-state index is 5.93. The number of hydrogen-bond acceptors (Lipinski definition) is 3. The van der Waals surface area contributed by atoms with Gasteiger partial charge < -0.3 is 4.74 Å². The summed E-state index contributed by atoms with van der Waals surface area (Å²) in [5.41, 5.74) is 3.09. The molecule has 1 aromatic heterocycles. The third-order valence-electron chi connectivity index (χ3n) is 5.17. The molecular formula is C12H13ClN2O. The SMILES string of the molecule is COCC12c3nnc(Cl)cc3C(C)C13CC23. The van der Waals surface area contributed by atoms with E-state index in [2.05, 4.69) is 17.1 Å². The third kappa shape index (κ3) is 0.687. The molecule has 4 heteroatoms. The molecule has 1 aromatic rings. The van der Waals surface area contributed by atoms with Crippen LogP contribution in [0.5, 0.6) is 0 Å². The Hall–Kier alpha value is -0.670. The monoisotopic (exact) mass is 236 g/mol. The summed E-state index contributed by atoms with van der Waals surface area (Å²) in [5, 5.41) is 8.84. The van der Waals surface area contributed by atoms with Crippen LogP contribution in [0.4, 0.5) is 0 Å². The van der Waals surface area contributed by atoms with Gasteiger partial charge in [0.25, 0.3) is 0 Å². The lowest BCUT2D eigenvalue weighted by atomic mass is 9.88.